The lowest BCUT2D eigenvalue weighted by Gasteiger charge is -2.06. The summed E-state index contributed by atoms with van der Waals surface area (Å²) < 4.78 is 17.6. The molecule has 0 radical (unpaired) electrons. The predicted molar refractivity (Wildman–Crippen MR) is 74.9 cm³/mol. The van der Waals surface area contributed by atoms with Gasteiger partial charge in [-0.15, -0.1) is 0 Å². The summed E-state index contributed by atoms with van der Waals surface area (Å²) in [5, 5.41) is 2.40. The van der Waals surface area contributed by atoms with Gasteiger partial charge in [-0.2, -0.15) is 0 Å². The number of nitrogens with one attached hydrogen (secondary N) is 1. The van der Waals surface area contributed by atoms with Crippen molar-refractivity contribution in [2.45, 2.75) is 0 Å². The van der Waals surface area contributed by atoms with Gasteiger partial charge in [0.2, 0.25) is 0 Å². The Morgan fingerprint density at radius 2 is 1.95 bits per heavy atom. The molecule has 108 valence electrons. The lowest BCUT2D eigenvalue weighted by atomic mass is 10.2. The molecule has 0 fully saturated rings. The normalized spacial score (nSPS) is 10.0. The molecule has 7 heteroatoms. The van der Waals surface area contributed by atoms with Crippen LogP contribution in [0.5, 0.6) is 0 Å². The molecular formula is C14H10ClFN2O3. The molecular weight excluding hydrogens is 299 g/mol. The number of carbonyl (C=O) groups is 2. The molecule has 0 spiro atoms. The van der Waals surface area contributed by atoms with E-state index in [9.17, 15) is 14.0 Å². The molecule has 0 aliphatic carbocycles. The van der Waals surface area contributed by atoms with Gasteiger partial charge in [-0.25, -0.2) is 14.2 Å². The summed E-state index contributed by atoms with van der Waals surface area (Å²) in [6, 6.07) is 8.15. The van der Waals surface area contributed by atoms with Crippen molar-refractivity contribution >= 4 is 29.2 Å². The number of anilines is 1. The number of ether oxygens (including phenoxy) is 1. The molecule has 1 amide bonds. The van der Waals surface area contributed by atoms with Crippen LogP contribution in [0.25, 0.3) is 0 Å². The summed E-state index contributed by atoms with van der Waals surface area (Å²) in [5.41, 5.74) is 0.359. The number of amides is 1. The first kappa shape index (κ1) is 14.9. The van der Waals surface area contributed by atoms with Crippen LogP contribution in [0.1, 0.15) is 21.0 Å². The number of hydrogen-bond acceptors (Lipinski definition) is 4. The number of methoxy groups -OCH3 is 1. The molecule has 0 saturated carbocycles. The molecule has 1 aromatic heterocycles. The van der Waals surface area contributed by atoms with Gasteiger partial charge in [-0.3, -0.25) is 4.79 Å². The lowest BCUT2D eigenvalue weighted by molar-refractivity contribution is 0.0594. The van der Waals surface area contributed by atoms with Gasteiger partial charge in [0.15, 0.2) is 0 Å². The Morgan fingerprint density at radius 1 is 1.24 bits per heavy atom. The van der Waals surface area contributed by atoms with Crippen molar-refractivity contribution < 1.29 is 18.7 Å². The smallest absolute Gasteiger partial charge is 0.356 e. The minimum Gasteiger partial charge on any atom is -0.464 e. The molecule has 2 aromatic rings. The topological polar surface area (TPSA) is 68.3 Å². The second-order valence-corrected chi connectivity index (χ2v) is 4.39. The minimum absolute atomic E-state index is 0.0160. The Balaban J connectivity index is 2.20. The van der Waals surface area contributed by atoms with Crippen LogP contribution in [0.2, 0.25) is 5.02 Å². The van der Waals surface area contributed by atoms with E-state index < -0.39 is 17.7 Å². The first-order valence-corrected chi connectivity index (χ1v) is 6.21. The molecule has 21 heavy (non-hydrogen) atoms. The average Bonchev–Trinajstić information content (AvgIpc) is 2.50. The second-order valence-electron chi connectivity index (χ2n) is 3.98. The highest BCUT2D eigenvalue weighted by Gasteiger charge is 2.13. The van der Waals surface area contributed by atoms with E-state index in [0.717, 1.165) is 6.07 Å². The largest absolute Gasteiger partial charge is 0.464 e. The lowest BCUT2D eigenvalue weighted by Crippen LogP contribution is -2.16. The molecule has 0 unspecified atom stereocenters. The van der Waals surface area contributed by atoms with E-state index in [1.54, 1.807) is 0 Å². The molecule has 0 saturated heterocycles. The van der Waals surface area contributed by atoms with Crippen LogP contribution < -0.4 is 5.32 Å². The van der Waals surface area contributed by atoms with Gasteiger partial charge in [0.25, 0.3) is 5.91 Å². The third-order valence-corrected chi connectivity index (χ3v) is 2.84. The van der Waals surface area contributed by atoms with Crippen LogP contribution in [0.3, 0.4) is 0 Å². The van der Waals surface area contributed by atoms with Gasteiger partial charge in [0, 0.05) is 5.69 Å². The Hall–Kier alpha value is -2.47. The van der Waals surface area contributed by atoms with Crippen LogP contribution in [-0.4, -0.2) is 24.0 Å². The van der Waals surface area contributed by atoms with E-state index in [1.807, 2.05) is 0 Å². The number of carbonyl (C=O) groups excluding carboxylic acids is 2. The third kappa shape index (κ3) is 3.55. The van der Waals surface area contributed by atoms with Crippen LogP contribution >= 0.6 is 11.6 Å². The molecule has 0 atom stereocenters. The van der Waals surface area contributed by atoms with E-state index in [-0.39, 0.29) is 16.4 Å². The van der Waals surface area contributed by atoms with Crippen molar-refractivity contribution in [2.24, 2.45) is 0 Å². The molecule has 1 heterocycles. The van der Waals surface area contributed by atoms with Crippen LogP contribution in [-0.2, 0) is 4.74 Å². The molecule has 0 bridgehead atoms. The summed E-state index contributed by atoms with van der Waals surface area (Å²) in [6.07, 6.45) is 0. The zero-order chi connectivity index (χ0) is 15.4. The van der Waals surface area contributed by atoms with Crippen molar-refractivity contribution in [1.82, 2.24) is 4.98 Å². The number of benzene rings is 1. The van der Waals surface area contributed by atoms with Crippen molar-refractivity contribution in [3.63, 3.8) is 0 Å². The van der Waals surface area contributed by atoms with Crippen molar-refractivity contribution in [2.75, 3.05) is 12.4 Å². The quantitative estimate of drug-likeness (QED) is 0.885. The monoisotopic (exact) mass is 308 g/mol. The van der Waals surface area contributed by atoms with Crippen molar-refractivity contribution in [3.05, 3.63) is 58.6 Å². The van der Waals surface area contributed by atoms with Gasteiger partial charge in [-0.05, 0) is 30.3 Å². The number of pyridine rings is 1. The van der Waals surface area contributed by atoms with Gasteiger partial charge in [0.05, 0.1) is 12.1 Å². The Labute approximate surface area is 124 Å². The van der Waals surface area contributed by atoms with E-state index in [2.05, 4.69) is 15.0 Å². The van der Waals surface area contributed by atoms with Crippen LogP contribution in [0, 0.1) is 5.82 Å². The van der Waals surface area contributed by atoms with E-state index >= 15 is 0 Å². The van der Waals surface area contributed by atoms with E-state index in [4.69, 9.17) is 11.6 Å². The van der Waals surface area contributed by atoms with Crippen LogP contribution in [0.15, 0.2) is 36.4 Å². The average molecular weight is 309 g/mol. The number of rotatable bonds is 3. The maximum absolute atomic E-state index is 13.0. The summed E-state index contributed by atoms with van der Waals surface area (Å²) in [5.74, 6) is -1.78. The van der Waals surface area contributed by atoms with Crippen LogP contribution in [0.4, 0.5) is 10.1 Å². The van der Waals surface area contributed by atoms with Crippen molar-refractivity contribution in [3.8, 4) is 0 Å². The molecule has 1 aromatic carbocycles. The SMILES string of the molecule is COC(=O)c1cccc(C(=O)Nc2ccc(F)c(Cl)c2)n1. The predicted octanol–water partition coefficient (Wildman–Crippen LogP) is 2.91. The minimum atomic E-state index is -0.644. The third-order valence-electron chi connectivity index (χ3n) is 2.55. The summed E-state index contributed by atoms with van der Waals surface area (Å²) in [6.45, 7) is 0. The number of esters is 1. The fourth-order valence-electron chi connectivity index (χ4n) is 1.55. The van der Waals surface area contributed by atoms with E-state index in [0.29, 0.717) is 5.69 Å². The molecule has 2 rings (SSSR count). The molecule has 0 aliphatic rings. The molecule has 5 nitrogen and oxygen atoms in total. The summed E-state index contributed by atoms with van der Waals surface area (Å²) in [4.78, 5) is 27.2. The Kier molecular flexibility index (Phi) is 4.49. The van der Waals surface area contributed by atoms with Gasteiger partial charge < -0.3 is 10.1 Å². The zero-order valence-electron chi connectivity index (χ0n) is 10.9. The first-order valence-electron chi connectivity index (χ1n) is 5.83. The van der Waals surface area contributed by atoms with Gasteiger partial charge in [0.1, 0.15) is 17.2 Å². The Morgan fingerprint density at radius 3 is 2.62 bits per heavy atom. The second kappa shape index (κ2) is 6.32. The number of nitrogens with zero attached hydrogens (tertiary/aromatic N) is 1. The maximum Gasteiger partial charge on any atom is 0.356 e. The van der Waals surface area contributed by atoms with Crippen molar-refractivity contribution in [1.29, 1.82) is 0 Å². The fourth-order valence-corrected chi connectivity index (χ4v) is 1.73. The van der Waals surface area contributed by atoms with Gasteiger partial charge >= 0.3 is 5.97 Å². The molecule has 1 N–H and O–H groups in total. The maximum atomic E-state index is 13.0. The highest BCUT2D eigenvalue weighted by molar-refractivity contribution is 6.31. The fraction of sp³-hybridized carbons (Fsp3) is 0.0714. The summed E-state index contributed by atoms with van der Waals surface area (Å²) in [7, 11) is 1.22. The Bertz CT molecular complexity index is 706. The molecule has 0 aliphatic heterocycles. The highest BCUT2D eigenvalue weighted by Crippen LogP contribution is 2.19. The van der Waals surface area contributed by atoms with Gasteiger partial charge in [-0.1, -0.05) is 17.7 Å². The number of halogens is 2. The zero-order valence-corrected chi connectivity index (χ0v) is 11.6. The van der Waals surface area contributed by atoms with E-state index in [1.165, 1.54) is 37.4 Å². The summed E-state index contributed by atoms with van der Waals surface area (Å²) >= 11 is 5.63. The standard InChI is InChI=1S/C14H10ClFN2O3/c1-21-14(20)12-4-2-3-11(18-12)13(19)17-8-5-6-10(16)9(15)7-8/h2-7H,1H3,(H,17,19). The number of aromatic nitrogens is 1. The number of hydrogen-bond donors (Lipinski definition) is 1. The highest BCUT2D eigenvalue weighted by atomic mass is 35.5. The first-order chi connectivity index (χ1) is 10.0.